The van der Waals surface area contributed by atoms with Crippen LogP contribution in [0.15, 0.2) is 48.5 Å². The molecule has 1 aromatic heterocycles. The number of aromatic carboxylic acids is 1. The molecule has 12 heteroatoms. The molecule has 0 bridgehead atoms. The number of carboxylic acid groups (broad SMARTS) is 1. The van der Waals surface area contributed by atoms with Crippen molar-refractivity contribution in [3.63, 3.8) is 0 Å². The minimum Gasteiger partial charge on any atom is -0.497 e. The van der Waals surface area contributed by atoms with Crippen molar-refractivity contribution in [1.29, 1.82) is 0 Å². The molecule has 0 aliphatic heterocycles. The zero-order valence-corrected chi connectivity index (χ0v) is 28.6. The van der Waals surface area contributed by atoms with Crippen LogP contribution in [0, 0.1) is 13.8 Å². The van der Waals surface area contributed by atoms with Gasteiger partial charge in [0.05, 0.1) is 68.6 Å². The Balaban J connectivity index is 1.72. The maximum absolute atomic E-state index is 14.2. The average molecular weight is 669 g/mol. The van der Waals surface area contributed by atoms with Gasteiger partial charge in [-0.3, -0.25) is 4.55 Å². The predicted molar refractivity (Wildman–Crippen MR) is 179 cm³/mol. The smallest absolute Gasteiger partial charge is 0.345 e. The quantitative estimate of drug-likeness (QED) is 0.0326. The Labute approximate surface area is 275 Å². The van der Waals surface area contributed by atoms with Crippen molar-refractivity contribution in [2.75, 3.05) is 46.7 Å². The summed E-state index contributed by atoms with van der Waals surface area (Å²) in [7, 11) is 1.59. The van der Waals surface area contributed by atoms with Crippen LogP contribution in [0.2, 0.25) is 0 Å². The van der Waals surface area contributed by atoms with Crippen molar-refractivity contribution in [2.45, 2.75) is 46.6 Å². The molecule has 0 aliphatic rings. The Bertz CT molecular complexity index is 1900. The Morgan fingerprint density at radius 2 is 1.47 bits per heavy atom. The highest BCUT2D eigenvalue weighted by Gasteiger charge is 2.27. The lowest BCUT2D eigenvalue weighted by Crippen LogP contribution is -2.42. The van der Waals surface area contributed by atoms with Gasteiger partial charge in [0, 0.05) is 31.4 Å². The predicted octanol–water partition coefficient (Wildman–Crippen LogP) is 5.36. The largest absolute Gasteiger partial charge is 0.497 e. The van der Waals surface area contributed by atoms with Crippen LogP contribution in [0.4, 0.5) is 0 Å². The molecule has 0 atom stereocenters. The van der Waals surface area contributed by atoms with E-state index in [1.165, 1.54) is 12.1 Å². The molecule has 252 valence electrons. The molecule has 0 radical (unpaired) electrons. The number of ether oxygens (including phenoxy) is 3. The first kappa shape index (κ1) is 35.6. The molecule has 0 spiro atoms. The van der Waals surface area contributed by atoms with E-state index < -0.39 is 22.1 Å². The van der Waals surface area contributed by atoms with Crippen molar-refractivity contribution in [3.8, 4) is 17.2 Å². The fraction of sp³-hybridized carbons (Fsp3) is 0.400. The summed E-state index contributed by atoms with van der Waals surface area (Å²) >= 11 is 0. The molecule has 0 saturated carbocycles. The Kier molecular flexibility index (Phi) is 11.1. The fourth-order valence-corrected chi connectivity index (χ4v) is 6.42. The molecule has 4 rings (SSSR count). The average Bonchev–Trinajstić information content (AvgIpc) is 2.99. The van der Waals surface area contributed by atoms with E-state index in [2.05, 4.69) is 11.5 Å². The molecular weight excluding hydrogens is 624 g/mol. The van der Waals surface area contributed by atoms with Crippen LogP contribution < -0.4 is 18.8 Å². The van der Waals surface area contributed by atoms with Crippen LogP contribution >= 0.6 is 0 Å². The van der Waals surface area contributed by atoms with Gasteiger partial charge in [-0.15, -0.1) is 0 Å². The third kappa shape index (κ3) is 8.76. The van der Waals surface area contributed by atoms with E-state index in [1.54, 1.807) is 21.0 Å². The van der Waals surface area contributed by atoms with Gasteiger partial charge in [-0.05, 0) is 61.4 Å². The van der Waals surface area contributed by atoms with Crippen LogP contribution in [0.5, 0.6) is 17.2 Å². The van der Waals surface area contributed by atoms with Gasteiger partial charge in [0.15, 0.2) is 0 Å². The molecule has 3 aromatic carbocycles. The van der Waals surface area contributed by atoms with Gasteiger partial charge < -0.3 is 23.8 Å². The number of carboxylic acids is 1. The van der Waals surface area contributed by atoms with Gasteiger partial charge in [-0.2, -0.15) is 13.0 Å². The number of esters is 1. The number of nitrogens with zero attached hydrogens (tertiary/aromatic N) is 2. The SMILES string of the molecule is CCC[n+]1c2ccc(OC)cc2c(C(=O)Oc2c(C)cc(C(=O)O)cc2C)c2cc(OCCC[N+](C)(C)CCCS(=O)(=O)O)ccc21. The van der Waals surface area contributed by atoms with E-state index in [4.69, 9.17) is 18.8 Å². The third-order valence-electron chi connectivity index (χ3n) is 8.19. The van der Waals surface area contributed by atoms with E-state index >= 15 is 0 Å². The number of rotatable bonds is 15. The van der Waals surface area contributed by atoms with E-state index in [-0.39, 0.29) is 11.3 Å². The Morgan fingerprint density at radius 1 is 0.894 bits per heavy atom. The van der Waals surface area contributed by atoms with Crippen LogP contribution in [-0.4, -0.2) is 81.2 Å². The van der Waals surface area contributed by atoms with Gasteiger partial charge in [0.1, 0.15) is 23.8 Å². The second-order valence-corrected chi connectivity index (χ2v) is 14.0. The highest BCUT2D eigenvalue weighted by molar-refractivity contribution is 7.85. The number of carbonyl (C=O) groups is 2. The zero-order chi connectivity index (χ0) is 34.5. The summed E-state index contributed by atoms with van der Waals surface area (Å²) in [4.78, 5) is 25.8. The zero-order valence-electron chi connectivity index (χ0n) is 27.8. The minimum absolute atomic E-state index is 0.114. The van der Waals surface area contributed by atoms with Gasteiger partial charge in [0.2, 0.25) is 11.0 Å². The van der Waals surface area contributed by atoms with E-state index in [1.807, 2.05) is 50.5 Å². The normalized spacial score (nSPS) is 12.0. The molecule has 4 aromatic rings. The third-order valence-corrected chi connectivity index (χ3v) is 8.99. The second kappa shape index (κ2) is 14.7. The highest BCUT2D eigenvalue weighted by atomic mass is 32.2. The number of fused-ring (bicyclic) bond motifs is 2. The van der Waals surface area contributed by atoms with Crippen molar-refractivity contribution in [1.82, 2.24) is 0 Å². The lowest BCUT2D eigenvalue weighted by atomic mass is 10.0. The first-order valence-corrected chi connectivity index (χ1v) is 17.2. The summed E-state index contributed by atoms with van der Waals surface area (Å²) in [6, 6.07) is 14.2. The van der Waals surface area contributed by atoms with Gasteiger partial charge in [-0.25, -0.2) is 9.59 Å². The molecule has 0 unspecified atom stereocenters. The first-order valence-electron chi connectivity index (χ1n) is 15.6. The highest BCUT2D eigenvalue weighted by Crippen LogP contribution is 2.33. The Morgan fingerprint density at radius 3 is 2.02 bits per heavy atom. The van der Waals surface area contributed by atoms with E-state index in [0.29, 0.717) is 81.7 Å². The van der Waals surface area contributed by atoms with Crippen LogP contribution in [0.25, 0.3) is 21.8 Å². The van der Waals surface area contributed by atoms with Gasteiger partial charge >= 0.3 is 11.9 Å². The molecule has 2 N–H and O–H groups in total. The number of methoxy groups -OCH3 is 1. The van der Waals surface area contributed by atoms with Crippen molar-refractivity contribution in [2.24, 2.45) is 0 Å². The molecule has 1 heterocycles. The minimum atomic E-state index is -3.99. The number of carbonyl (C=O) groups excluding carboxylic acids is 1. The summed E-state index contributed by atoms with van der Waals surface area (Å²) in [5.74, 6) is -0.456. The molecule has 47 heavy (non-hydrogen) atoms. The maximum atomic E-state index is 14.2. The van der Waals surface area contributed by atoms with Crippen LogP contribution in [0.3, 0.4) is 0 Å². The monoisotopic (exact) mass is 668 g/mol. The summed E-state index contributed by atoms with van der Waals surface area (Å²) in [6.45, 7) is 7.93. The topological polar surface area (TPSA) is 140 Å². The van der Waals surface area contributed by atoms with Crippen molar-refractivity contribution >= 4 is 43.9 Å². The second-order valence-electron chi connectivity index (χ2n) is 12.4. The van der Waals surface area contributed by atoms with Gasteiger partial charge in [0.25, 0.3) is 10.1 Å². The number of hydrogen-bond acceptors (Lipinski definition) is 7. The molecule has 0 fully saturated rings. The summed E-state index contributed by atoms with van der Waals surface area (Å²) < 4.78 is 51.7. The molecule has 11 nitrogen and oxygen atoms in total. The number of aromatic nitrogens is 1. The Hall–Kier alpha value is -4.26. The summed E-state index contributed by atoms with van der Waals surface area (Å²) in [6.07, 6.45) is 1.91. The van der Waals surface area contributed by atoms with E-state index in [0.717, 1.165) is 24.0 Å². The van der Waals surface area contributed by atoms with E-state index in [9.17, 15) is 23.1 Å². The number of aryl methyl sites for hydroxylation is 3. The fourth-order valence-electron chi connectivity index (χ4n) is 5.93. The molecular formula is C35H44N2O9S+2. The lowest BCUT2D eigenvalue weighted by molar-refractivity contribution is -0.890. The molecule has 0 saturated heterocycles. The molecule has 0 aliphatic carbocycles. The van der Waals surface area contributed by atoms with Crippen LogP contribution in [-0.2, 0) is 16.7 Å². The van der Waals surface area contributed by atoms with Crippen molar-refractivity contribution in [3.05, 3.63) is 70.8 Å². The number of hydrogen-bond donors (Lipinski definition) is 2. The number of benzene rings is 3. The first-order chi connectivity index (χ1) is 22.1. The van der Waals surface area contributed by atoms with Crippen molar-refractivity contribution < 1.29 is 50.9 Å². The summed E-state index contributed by atoms with van der Waals surface area (Å²) in [5.41, 5.74) is 3.18. The lowest BCUT2D eigenvalue weighted by Gasteiger charge is -2.29. The number of quaternary nitrogens is 1. The number of pyridine rings is 1. The van der Waals surface area contributed by atoms with Crippen LogP contribution in [0.1, 0.15) is 58.0 Å². The summed E-state index contributed by atoms with van der Waals surface area (Å²) in [5, 5.41) is 10.8. The van der Waals surface area contributed by atoms with Gasteiger partial charge in [-0.1, -0.05) is 6.92 Å². The molecule has 0 amide bonds. The standard InChI is InChI=1S/C35H42N2O9S/c1-7-14-36-30-12-10-26(44-6)21-28(30)32(35(40)46-33-23(2)19-25(34(38)39)20-24(33)3)29-22-27(11-13-31(29)36)45-17-8-15-37(4,5)16-9-18-47(41,42)43/h10-13,19-22H,7-9,14-18H2,1-6H3/p+2. The maximum Gasteiger partial charge on any atom is 0.345 e.